The number of esters is 3. The molecular weight excluding hydrogens is 725 g/mol. The van der Waals surface area contributed by atoms with E-state index in [1.54, 1.807) is 17.3 Å². The third-order valence-corrected chi connectivity index (χ3v) is 11.5. The fourth-order valence-corrected chi connectivity index (χ4v) is 8.32. The summed E-state index contributed by atoms with van der Waals surface area (Å²) in [7, 11) is 3.70. The van der Waals surface area contributed by atoms with Gasteiger partial charge >= 0.3 is 17.9 Å². The third-order valence-electron chi connectivity index (χ3n) is 10.5. The Hall–Kier alpha value is -4.17. The Balaban J connectivity index is 1.51. The Kier molecular flexibility index (Phi) is 15.1. The van der Waals surface area contributed by atoms with Gasteiger partial charge in [0.05, 0.1) is 6.04 Å². The van der Waals surface area contributed by atoms with Crippen molar-refractivity contribution in [2.75, 3.05) is 20.6 Å². The molecule has 0 bridgehead atoms. The molecule has 5 atom stereocenters. The number of carbonyl (C=O) groups is 6. The third kappa shape index (κ3) is 11.9. The normalized spacial score (nSPS) is 19.9. The summed E-state index contributed by atoms with van der Waals surface area (Å²) >= 11 is 1.15. The van der Waals surface area contributed by atoms with Crippen LogP contribution in [-0.2, 0) is 44.6 Å². The number of likely N-dealkylation sites (N-methyl/N-ethyl adjacent to an activating group) is 1. The number of nitrogens with one attached hydrogen (secondary N) is 1. The average molecular weight is 783 g/mol. The highest BCUT2D eigenvalue weighted by Crippen LogP contribution is 2.33. The summed E-state index contributed by atoms with van der Waals surface area (Å²) in [6.45, 7) is 13.0. The predicted molar refractivity (Wildman–Crippen MR) is 207 cm³/mol. The van der Waals surface area contributed by atoms with Crippen LogP contribution in [0.2, 0.25) is 0 Å². The van der Waals surface area contributed by atoms with Gasteiger partial charge in [-0.3, -0.25) is 33.7 Å². The van der Waals surface area contributed by atoms with Crippen LogP contribution in [0.25, 0.3) is 0 Å². The van der Waals surface area contributed by atoms with Crippen molar-refractivity contribution in [3.8, 4) is 0 Å². The number of benzene rings is 1. The molecule has 3 heterocycles. The molecule has 2 fully saturated rings. The molecule has 302 valence electrons. The number of carbonyl (C=O) groups excluding carboxylic acids is 6. The molecule has 2 aliphatic heterocycles. The van der Waals surface area contributed by atoms with Crippen LogP contribution in [0, 0.1) is 23.7 Å². The molecule has 2 saturated heterocycles. The van der Waals surface area contributed by atoms with Crippen LogP contribution in [0.15, 0.2) is 35.7 Å². The zero-order valence-electron chi connectivity index (χ0n) is 33.7. The number of likely N-dealkylation sites (tertiary alicyclic amines) is 1. The number of rotatable bonds is 17. The van der Waals surface area contributed by atoms with Crippen molar-refractivity contribution in [3.05, 3.63) is 52.0 Å². The monoisotopic (exact) mass is 782 g/mol. The Bertz CT molecular complexity index is 1660. The maximum atomic E-state index is 14.1. The number of piperidine rings is 1. The van der Waals surface area contributed by atoms with Crippen molar-refractivity contribution < 1.29 is 43.0 Å². The molecule has 2 aliphatic rings. The van der Waals surface area contributed by atoms with Crippen LogP contribution in [0.3, 0.4) is 0 Å². The first-order valence-corrected chi connectivity index (χ1v) is 20.2. The van der Waals surface area contributed by atoms with E-state index < -0.39 is 53.6 Å². The molecule has 1 aromatic carbocycles. The summed E-state index contributed by atoms with van der Waals surface area (Å²) in [6, 6.07) is 8.11. The maximum Gasteiger partial charge on any atom is 0.323 e. The number of amides is 2. The largest absolute Gasteiger partial charge is 0.455 e. The first-order valence-electron chi connectivity index (χ1n) is 19.3. The van der Waals surface area contributed by atoms with Gasteiger partial charge in [-0.15, -0.1) is 11.3 Å². The highest BCUT2D eigenvalue weighted by Gasteiger charge is 2.44. The Morgan fingerprint density at radius 3 is 2.27 bits per heavy atom. The number of thiazole rings is 1. The molecule has 0 saturated carbocycles. The first-order chi connectivity index (χ1) is 25.9. The van der Waals surface area contributed by atoms with Gasteiger partial charge in [-0.2, -0.15) is 0 Å². The standard InChI is InChI=1S/C41H58N4O9S/c1-24(2)29(21-34(47)32-17-13-14-18-44(32)8)38(49)45(9)33(25(3)4)22-35(52-26(5)46)37-43-31(23-55-37)36(48)42-28(19-27-15-11-10-12-16-27)20-30-39(50)53-41(6,7)54-40(30)51/h10-12,15-16,23-25,28-30,32-33,35H,13-14,17-22H2,1-9H3,(H,42,48)/t28-,29-,32+,33+,35+/m0/s1. The van der Waals surface area contributed by atoms with E-state index in [-0.39, 0.29) is 60.6 Å². The molecule has 0 radical (unpaired) electrons. The van der Waals surface area contributed by atoms with Gasteiger partial charge in [-0.1, -0.05) is 64.4 Å². The van der Waals surface area contributed by atoms with Gasteiger partial charge in [0.15, 0.2) is 17.8 Å². The molecule has 0 aliphatic carbocycles. The SMILES string of the molecule is CC(=O)O[C@H](C[C@H](C(C)C)N(C)C(=O)[C@@H](CC(=O)[C@H]1CCCCN1C)C(C)C)c1nc(C(=O)N[C@@H](Cc2ccccc2)CC2C(=O)OC(C)(C)OC2=O)cs1. The smallest absolute Gasteiger partial charge is 0.323 e. The predicted octanol–water partition coefficient (Wildman–Crippen LogP) is 5.52. The lowest BCUT2D eigenvalue weighted by atomic mass is 9.84. The van der Waals surface area contributed by atoms with Gasteiger partial charge in [-0.05, 0) is 56.7 Å². The molecule has 1 aromatic heterocycles. The molecule has 2 aromatic rings. The number of ketones is 1. The highest BCUT2D eigenvalue weighted by atomic mass is 32.1. The van der Waals surface area contributed by atoms with E-state index in [4.69, 9.17) is 14.2 Å². The lowest BCUT2D eigenvalue weighted by molar-refractivity contribution is -0.240. The van der Waals surface area contributed by atoms with Crippen LogP contribution < -0.4 is 5.32 Å². The van der Waals surface area contributed by atoms with Crippen LogP contribution in [-0.4, -0.2) is 94.8 Å². The summed E-state index contributed by atoms with van der Waals surface area (Å²) in [5.41, 5.74) is 0.949. The zero-order valence-corrected chi connectivity index (χ0v) is 34.5. The number of ether oxygens (including phenoxy) is 3. The molecular formula is C41H58N4O9S. The Labute approximate surface area is 328 Å². The van der Waals surface area contributed by atoms with Crippen LogP contribution >= 0.6 is 11.3 Å². The molecule has 1 N–H and O–H groups in total. The molecule has 4 rings (SSSR count). The Morgan fingerprint density at radius 1 is 1.04 bits per heavy atom. The maximum absolute atomic E-state index is 14.1. The van der Waals surface area contributed by atoms with Gasteiger partial charge in [0.1, 0.15) is 10.7 Å². The number of hydrogen-bond acceptors (Lipinski definition) is 12. The second-order valence-corrected chi connectivity index (χ2v) is 17.0. The van der Waals surface area contributed by atoms with E-state index in [9.17, 15) is 28.8 Å². The van der Waals surface area contributed by atoms with Crippen molar-refractivity contribution in [2.45, 2.75) is 123 Å². The summed E-state index contributed by atoms with van der Waals surface area (Å²) in [5, 5.41) is 4.88. The Morgan fingerprint density at radius 2 is 1.69 bits per heavy atom. The fourth-order valence-electron chi connectivity index (χ4n) is 7.48. The first kappa shape index (κ1) is 43.6. The van der Waals surface area contributed by atoms with Gasteiger partial charge in [0, 0.05) is 64.0 Å². The second-order valence-electron chi connectivity index (χ2n) is 16.1. The number of nitrogens with zero attached hydrogens (tertiary/aromatic N) is 3. The van der Waals surface area contributed by atoms with E-state index in [1.165, 1.54) is 20.8 Å². The summed E-state index contributed by atoms with van der Waals surface area (Å²) in [6.07, 6.45) is 2.62. The van der Waals surface area contributed by atoms with E-state index in [0.29, 0.717) is 11.4 Å². The lowest BCUT2D eigenvalue weighted by Gasteiger charge is -2.37. The molecule has 14 heteroatoms. The van der Waals surface area contributed by atoms with E-state index in [2.05, 4.69) is 15.2 Å². The fraction of sp³-hybridized carbons (Fsp3) is 0.634. The number of cyclic esters (lactones) is 2. The van der Waals surface area contributed by atoms with Gasteiger partial charge in [0.25, 0.3) is 11.7 Å². The highest BCUT2D eigenvalue weighted by molar-refractivity contribution is 7.09. The van der Waals surface area contributed by atoms with Crippen molar-refractivity contribution in [2.24, 2.45) is 23.7 Å². The van der Waals surface area contributed by atoms with Gasteiger partial charge in [0.2, 0.25) is 5.91 Å². The van der Waals surface area contributed by atoms with Crippen molar-refractivity contribution in [1.29, 1.82) is 0 Å². The number of aromatic nitrogens is 1. The molecule has 55 heavy (non-hydrogen) atoms. The number of Topliss-reactive ketones (excluding diaryl/α,β-unsaturated/α-hetero) is 1. The minimum absolute atomic E-state index is 0.0507. The summed E-state index contributed by atoms with van der Waals surface area (Å²) in [5.74, 6) is -5.81. The molecule has 13 nitrogen and oxygen atoms in total. The van der Waals surface area contributed by atoms with Crippen LogP contribution in [0.5, 0.6) is 0 Å². The average Bonchev–Trinajstić information content (AvgIpc) is 3.60. The quantitative estimate of drug-likeness (QED) is 0.159. The van der Waals surface area contributed by atoms with Crippen molar-refractivity contribution >= 4 is 46.8 Å². The van der Waals surface area contributed by atoms with Crippen LogP contribution in [0.1, 0.15) is 114 Å². The molecule has 0 unspecified atom stereocenters. The van der Waals surface area contributed by atoms with E-state index >= 15 is 0 Å². The van der Waals surface area contributed by atoms with Crippen LogP contribution in [0.4, 0.5) is 0 Å². The minimum Gasteiger partial charge on any atom is -0.455 e. The molecule has 2 amide bonds. The minimum atomic E-state index is -1.38. The lowest BCUT2D eigenvalue weighted by Crippen LogP contribution is -2.49. The zero-order chi connectivity index (χ0) is 40.6. The van der Waals surface area contributed by atoms with Crippen molar-refractivity contribution in [1.82, 2.24) is 20.1 Å². The summed E-state index contributed by atoms with van der Waals surface area (Å²) < 4.78 is 16.4. The number of hydrogen-bond donors (Lipinski definition) is 1. The van der Waals surface area contributed by atoms with Gasteiger partial charge in [-0.25, -0.2) is 4.98 Å². The topological polar surface area (TPSA) is 162 Å². The summed E-state index contributed by atoms with van der Waals surface area (Å²) in [4.78, 5) is 87.7. The van der Waals surface area contributed by atoms with Crippen molar-refractivity contribution in [3.63, 3.8) is 0 Å². The van der Waals surface area contributed by atoms with E-state index in [1.807, 2.05) is 65.1 Å². The van der Waals surface area contributed by atoms with Gasteiger partial charge < -0.3 is 24.4 Å². The van der Waals surface area contributed by atoms with E-state index in [0.717, 1.165) is 42.7 Å². The molecule has 0 spiro atoms. The second kappa shape index (κ2) is 19.1.